The zero-order valence-electron chi connectivity index (χ0n) is 29.7. The number of fused-ring (bicyclic) bond motifs is 4. The fourth-order valence-electron chi connectivity index (χ4n) is 8.13. The Labute approximate surface area is 315 Å². The van der Waals surface area contributed by atoms with Gasteiger partial charge in [0.1, 0.15) is 0 Å². The summed E-state index contributed by atoms with van der Waals surface area (Å²) in [6, 6.07) is 78.7. The first kappa shape index (κ1) is 31.6. The van der Waals surface area contributed by atoms with Crippen LogP contribution in [0.1, 0.15) is 0 Å². The average molecular weight is 689 g/mol. The summed E-state index contributed by atoms with van der Waals surface area (Å²) in [4.78, 5) is 2.33. The summed E-state index contributed by atoms with van der Waals surface area (Å²) in [5, 5.41) is 5.04. The zero-order chi connectivity index (χ0) is 35.8. The molecule has 0 aliphatic rings. The lowest BCUT2D eigenvalue weighted by atomic mass is 9.93. The Bertz CT molecular complexity index is 2860. The Morgan fingerprint density at radius 1 is 0.278 bits per heavy atom. The number of hydrogen-bond donors (Lipinski definition) is 0. The highest BCUT2D eigenvalue weighted by Crippen LogP contribution is 2.41. The molecule has 10 rings (SSSR count). The number of para-hydroxylation sites is 4. The summed E-state index contributed by atoms with van der Waals surface area (Å²) >= 11 is 0. The molecule has 0 atom stereocenters. The molecule has 0 fully saturated rings. The van der Waals surface area contributed by atoms with Gasteiger partial charge in [0.25, 0.3) is 0 Å². The third kappa shape index (κ3) is 5.44. The molecule has 0 aliphatic carbocycles. The van der Waals surface area contributed by atoms with Crippen LogP contribution in [0.25, 0.3) is 71.6 Å². The van der Waals surface area contributed by atoms with Gasteiger partial charge in [-0.1, -0.05) is 164 Å². The van der Waals surface area contributed by atoms with E-state index in [1.165, 1.54) is 71.6 Å². The molecular formula is C52H36N2. The molecular weight excluding hydrogens is 653 g/mol. The van der Waals surface area contributed by atoms with Gasteiger partial charge in [-0.2, -0.15) is 0 Å². The highest BCUT2D eigenvalue weighted by molar-refractivity contribution is 6.10. The number of hydrogen-bond acceptors (Lipinski definition) is 1. The normalized spacial score (nSPS) is 11.3. The van der Waals surface area contributed by atoms with Crippen LogP contribution in [0.4, 0.5) is 17.1 Å². The minimum atomic E-state index is 1.10. The van der Waals surface area contributed by atoms with Crippen molar-refractivity contribution >= 4 is 49.6 Å². The summed E-state index contributed by atoms with van der Waals surface area (Å²) < 4.78 is 2.42. The maximum Gasteiger partial charge on any atom is 0.0541 e. The topological polar surface area (TPSA) is 8.17 Å². The van der Waals surface area contributed by atoms with Crippen molar-refractivity contribution in [3.63, 3.8) is 0 Å². The molecule has 0 unspecified atom stereocenters. The van der Waals surface area contributed by atoms with Crippen molar-refractivity contribution in [1.29, 1.82) is 0 Å². The second kappa shape index (κ2) is 13.4. The van der Waals surface area contributed by atoms with Crippen LogP contribution in [0.5, 0.6) is 0 Å². The quantitative estimate of drug-likeness (QED) is 0.162. The minimum absolute atomic E-state index is 1.10. The Hall–Kier alpha value is -7.16. The maximum atomic E-state index is 2.42. The van der Waals surface area contributed by atoms with Crippen LogP contribution in [-0.4, -0.2) is 4.57 Å². The lowest BCUT2D eigenvalue weighted by Gasteiger charge is -2.26. The summed E-state index contributed by atoms with van der Waals surface area (Å²) in [5.41, 5.74) is 14.1. The summed E-state index contributed by atoms with van der Waals surface area (Å²) in [7, 11) is 0. The first-order valence-electron chi connectivity index (χ1n) is 18.5. The summed E-state index contributed by atoms with van der Waals surface area (Å²) in [6.45, 7) is 0. The standard InChI is InChI=1S/C52H36N2/c1-2-17-40(18-3-1)53(41-33-29-38(30-34-41)44-25-14-16-37-15-4-5-19-43(37)44)42-35-31-39(32-36-42)45-20-6-7-21-46(45)47-22-8-11-26-50(47)54-51-27-12-9-23-48(51)49-24-10-13-28-52(49)54/h1-36H. The third-order valence-corrected chi connectivity index (χ3v) is 10.6. The largest absolute Gasteiger partial charge is 0.311 e. The van der Waals surface area contributed by atoms with Crippen LogP contribution in [0.15, 0.2) is 218 Å². The number of rotatable bonds is 7. The Morgan fingerprint density at radius 3 is 1.39 bits per heavy atom. The van der Waals surface area contributed by atoms with Gasteiger partial charge < -0.3 is 9.47 Å². The summed E-state index contributed by atoms with van der Waals surface area (Å²) in [5.74, 6) is 0. The van der Waals surface area contributed by atoms with Crippen LogP contribution in [0.2, 0.25) is 0 Å². The number of anilines is 3. The van der Waals surface area contributed by atoms with Gasteiger partial charge in [0.2, 0.25) is 0 Å². The molecule has 9 aromatic carbocycles. The molecule has 0 amide bonds. The van der Waals surface area contributed by atoms with E-state index in [2.05, 4.69) is 228 Å². The zero-order valence-corrected chi connectivity index (χ0v) is 29.7. The van der Waals surface area contributed by atoms with Gasteiger partial charge >= 0.3 is 0 Å². The van der Waals surface area contributed by atoms with Gasteiger partial charge in [0, 0.05) is 33.4 Å². The third-order valence-electron chi connectivity index (χ3n) is 10.6. The van der Waals surface area contributed by atoms with E-state index < -0.39 is 0 Å². The van der Waals surface area contributed by atoms with E-state index in [9.17, 15) is 0 Å². The van der Waals surface area contributed by atoms with Crippen LogP contribution >= 0.6 is 0 Å². The molecule has 0 aliphatic heterocycles. The van der Waals surface area contributed by atoms with Crippen LogP contribution < -0.4 is 4.90 Å². The highest BCUT2D eigenvalue weighted by Gasteiger charge is 2.18. The van der Waals surface area contributed by atoms with Gasteiger partial charge in [-0.05, 0) is 93.2 Å². The number of nitrogens with zero attached hydrogens (tertiary/aromatic N) is 2. The monoisotopic (exact) mass is 688 g/mol. The van der Waals surface area contributed by atoms with E-state index >= 15 is 0 Å². The van der Waals surface area contributed by atoms with Crippen LogP contribution in [0.3, 0.4) is 0 Å². The smallest absolute Gasteiger partial charge is 0.0541 e. The molecule has 10 aromatic rings. The second-order valence-corrected chi connectivity index (χ2v) is 13.7. The molecule has 2 nitrogen and oxygen atoms in total. The number of benzene rings is 9. The molecule has 1 aromatic heterocycles. The Balaban J connectivity index is 1.05. The van der Waals surface area contributed by atoms with Gasteiger partial charge in [0.15, 0.2) is 0 Å². The molecule has 0 saturated heterocycles. The average Bonchev–Trinajstić information content (AvgIpc) is 3.59. The maximum absolute atomic E-state index is 2.42. The van der Waals surface area contributed by atoms with Gasteiger partial charge in [0.05, 0.1) is 16.7 Å². The molecule has 1 heterocycles. The van der Waals surface area contributed by atoms with Crippen LogP contribution in [0, 0.1) is 0 Å². The minimum Gasteiger partial charge on any atom is -0.311 e. The predicted molar refractivity (Wildman–Crippen MR) is 229 cm³/mol. The van der Waals surface area contributed by atoms with Crippen LogP contribution in [-0.2, 0) is 0 Å². The van der Waals surface area contributed by atoms with Crippen molar-refractivity contribution in [2.75, 3.05) is 4.90 Å². The SMILES string of the molecule is c1ccc(N(c2ccc(-c3ccccc3-c3ccccc3-n3c4ccccc4c4ccccc43)cc2)c2ccc(-c3cccc4ccccc34)cc2)cc1. The van der Waals surface area contributed by atoms with E-state index in [1.54, 1.807) is 0 Å². The first-order valence-corrected chi connectivity index (χ1v) is 18.5. The van der Waals surface area contributed by atoms with Gasteiger partial charge in [-0.3, -0.25) is 0 Å². The molecule has 0 radical (unpaired) electrons. The molecule has 0 N–H and O–H groups in total. The first-order chi connectivity index (χ1) is 26.8. The molecule has 0 saturated carbocycles. The van der Waals surface area contributed by atoms with Crippen molar-refractivity contribution in [2.45, 2.75) is 0 Å². The van der Waals surface area contributed by atoms with E-state index in [-0.39, 0.29) is 0 Å². The van der Waals surface area contributed by atoms with E-state index in [1.807, 2.05) is 0 Å². The van der Waals surface area contributed by atoms with Crippen molar-refractivity contribution in [3.05, 3.63) is 218 Å². The van der Waals surface area contributed by atoms with E-state index in [0.29, 0.717) is 0 Å². The van der Waals surface area contributed by atoms with E-state index in [0.717, 1.165) is 17.1 Å². The van der Waals surface area contributed by atoms with Crippen molar-refractivity contribution in [2.24, 2.45) is 0 Å². The number of aromatic nitrogens is 1. The van der Waals surface area contributed by atoms with Crippen molar-refractivity contribution in [3.8, 4) is 39.1 Å². The summed E-state index contributed by atoms with van der Waals surface area (Å²) in [6.07, 6.45) is 0. The fraction of sp³-hybridized carbons (Fsp3) is 0. The lowest BCUT2D eigenvalue weighted by molar-refractivity contribution is 1.18. The van der Waals surface area contributed by atoms with Crippen molar-refractivity contribution < 1.29 is 0 Å². The van der Waals surface area contributed by atoms with Gasteiger partial charge in [-0.15, -0.1) is 0 Å². The second-order valence-electron chi connectivity index (χ2n) is 13.7. The predicted octanol–water partition coefficient (Wildman–Crippen LogP) is 14.4. The lowest BCUT2D eigenvalue weighted by Crippen LogP contribution is -2.09. The molecule has 2 heteroatoms. The van der Waals surface area contributed by atoms with Gasteiger partial charge in [-0.25, -0.2) is 0 Å². The molecule has 0 bridgehead atoms. The molecule has 254 valence electrons. The highest BCUT2D eigenvalue weighted by atomic mass is 15.1. The van der Waals surface area contributed by atoms with Crippen molar-refractivity contribution in [1.82, 2.24) is 4.57 Å². The Morgan fingerprint density at radius 2 is 0.722 bits per heavy atom. The fourth-order valence-corrected chi connectivity index (χ4v) is 8.13. The van der Waals surface area contributed by atoms with E-state index in [4.69, 9.17) is 0 Å². The Kier molecular flexibility index (Phi) is 7.85. The molecule has 0 spiro atoms. The molecule has 54 heavy (non-hydrogen) atoms.